The van der Waals surface area contributed by atoms with E-state index in [1.807, 2.05) is 83.3 Å². The van der Waals surface area contributed by atoms with Crippen molar-refractivity contribution in [3.63, 3.8) is 0 Å². The lowest BCUT2D eigenvalue weighted by Gasteiger charge is -2.12. The van der Waals surface area contributed by atoms with Crippen molar-refractivity contribution in [2.45, 2.75) is 0 Å². The van der Waals surface area contributed by atoms with Gasteiger partial charge in [0.2, 0.25) is 5.95 Å². The molecule has 0 aliphatic rings. The molecule has 0 amide bonds. The predicted molar refractivity (Wildman–Crippen MR) is 385 cm³/mol. The van der Waals surface area contributed by atoms with Crippen LogP contribution in [-0.4, -0.2) is 34.1 Å². The van der Waals surface area contributed by atoms with Crippen LogP contribution in [0.1, 0.15) is 0 Å². The SMILES string of the molecule is c1ccc(-c2ccc(-c3cc(-n4c5ccccc5c5c6sc(-c7ccccc7)cc6ccc54)nc(-c4ccccc4)n3)cc2)cc1.c1ccc(-c2ccc(-c3nc(-c4ccccc4)nc(-n4c5ccccc5c5c6sc(-c7ccccc7)cc6ccc54)n3)cc2)cc1. The number of hydrogen-bond acceptors (Lipinski definition) is 7. The van der Waals surface area contributed by atoms with Gasteiger partial charge in [0, 0.05) is 69.0 Å². The van der Waals surface area contributed by atoms with Crippen LogP contribution in [0, 0.1) is 0 Å². The number of nitrogens with zero attached hydrogens (tertiary/aromatic N) is 7. The first-order valence-electron chi connectivity index (χ1n) is 30.7. The van der Waals surface area contributed by atoms with Gasteiger partial charge in [-0.15, -0.1) is 22.7 Å². The Kier molecular flexibility index (Phi) is 13.8. The third-order valence-corrected chi connectivity index (χ3v) is 19.6. The highest BCUT2D eigenvalue weighted by molar-refractivity contribution is 7.23. The van der Waals surface area contributed by atoms with Gasteiger partial charge < -0.3 is 0 Å². The molecular formula is C83H53N7S2. The maximum Gasteiger partial charge on any atom is 0.238 e. The molecule has 0 aliphatic carbocycles. The Balaban J connectivity index is 0.000000141. The van der Waals surface area contributed by atoms with Crippen molar-refractivity contribution < 1.29 is 0 Å². The minimum Gasteiger partial charge on any atom is -0.294 e. The molecule has 6 heterocycles. The Morgan fingerprint density at radius 2 is 0.587 bits per heavy atom. The fourth-order valence-electron chi connectivity index (χ4n) is 12.7. The molecule has 6 aromatic heterocycles. The zero-order valence-electron chi connectivity index (χ0n) is 49.5. The van der Waals surface area contributed by atoms with Gasteiger partial charge in [-0.1, -0.05) is 279 Å². The molecule has 0 saturated carbocycles. The summed E-state index contributed by atoms with van der Waals surface area (Å²) in [6.45, 7) is 0. The molecule has 0 aliphatic heterocycles. The van der Waals surface area contributed by atoms with Gasteiger partial charge in [0.15, 0.2) is 17.5 Å². The zero-order valence-corrected chi connectivity index (χ0v) is 51.2. The monoisotopic (exact) mass is 1210 g/mol. The van der Waals surface area contributed by atoms with E-state index in [0.717, 1.165) is 61.4 Å². The quantitative estimate of drug-likeness (QED) is 0.136. The minimum atomic E-state index is 0.598. The molecule has 7 nitrogen and oxygen atoms in total. The summed E-state index contributed by atoms with van der Waals surface area (Å²) in [7, 11) is 0. The molecule has 0 radical (unpaired) electrons. The third kappa shape index (κ3) is 9.99. The van der Waals surface area contributed by atoms with Crippen LogP contribution in [0.4, 0.5) is 0 Å². The van der Waals surface area contributed by atoms with Gasteiger partial charge in [-0.3, -0.25) is 9.13 Å². The smallest absolute Gasteiger partial charge is 0.238 e. The second-order valence-electron chi connectivity index (χ2n) is 22.8. The highest BCUT2D eigenvalue weighted by Gasteiger charge is 2.23. The van der Waals surface area contributed by atoms with Crippen LogP contribution in [0.2, 0.25) is 0 Å². The van der Waals surface area contributed by atoms with Crippen molar-refractivity contribution in [1.82, 2.24) is 34.1 Å². The highest BCUT2D eigenvalue weighted by atomic mass is 32.1. The third-order valence-electron chi connectivity index (χ3n) is 17.1. The van der Waals surface area contributed by atoms with Crippen LogP contribution >= 0.6 is 22.7 Å². The Morgan fingerprint density at radius 3 is 1.05 bits per heavy atom. The van der Waals surface area contributed by atoms with Crippen molar-refractivity contribution in [2.75, 3.05) is 0 Å². The summed E-state index contributed by atoms with van der Waals surface area (Å²) in [5.41, 5.74) is 16.4. The Hall–Kier alpha value is -11.8. The van der Waals surface area contributed by atoms with E-state index >= 15 is 0 Å². The number of aromatic nitrogens is 7. The lowest BCUT2D eigenvalue weighted by molar-refractivity contribution is 0.953. The van der Waals surface area contributed by atoms with E-state index in [9.17, 15) is 0 Å². The number of para-hydroxylation sites is 2. The van der Waals surface area contributed by atoms with Crippen LogP contribution in [0.25, 0.3) is 164 Å². The van der Waals surface area contributed by atoms with Gasteiger partial charge in [-0.05, 0) is 80.6 Å². The molecular weight excluding hydrogens is 1160 g/mol. The van der Waals surface area contributed by atoms with E-state index in [-0.39, 0.29) is 0 Å². The largest absolute Gasteiger partial charge is 0.294 e. The molecule has 0 saturated heterocycles. The van der Waals surface area contributed by atoms with Gasteiger partial charge in [-0.2, -0.15) is 9.97 Å². The second kappa shape index (κ2) is 23.3. The average Bonchev–Trinajstić information content (AvgIpc) is 1.58. The second-order valence-corrected chi connectivity index (χ2v) is 24.9. The number of benzene rings is 12. The van der Waals surface area contributed by atoms with Gasteiger partial charge in [0.05, 0.1) is 27.8 Å². The summed E-state index contributed by atoms with van der Waals surface area (Å²) in [5.74, 6) is 3.43. The molecule has 18 rings (SSSR count). The molecule has 0 fully saturated rings. The van der Waals surface area contributed by atoms with E-state index in [1.54, 1.807) is 0 Å². The molecule has 0 atom stereocenters. The number of hydrogen-bond donors (Lipinski definition) is 0. The molecule has 12 aromatic carbocycles. The lowest BCUT2D eigenvalue weighted by Crippen LogP contribution is -2.06. The van der Waals surface area contributed by atoms with Gasteiger partial charge in [0.1, 0.15) is 5.82 Å². The maximum atomic E-state index is 5.23. The van der Waals surface area contributed by atoms with Crippen LogP contribution in [0.3, 0.4) is 0 Å². The Bertz CT molecular complexity index is 5350. The van der Waals surface area contributed by atoms with E-state index in [0.29, 0.717) is 23.4 Å². The minimum absolute atomic E-state index is 0.598. The zero-order chi connectivity index (χ0) is 60.9. The highest BCUT2D eigenvalue weighted by Crippen LogP contribution is 2.45. The summed E-state index contributed by atoms with van der Waals surface area (Å²) >= 11 is 3.69. The fourth-order valence-corrected chi connectivity index (χ4v) is 15.1. The molecule has 432 valence electrons. The van der Waals surface area contributed by atoms with E-state index in [4.69, 9.17) is 24.9 Å². The van der Waals surface area contributed by atoms with Crippen molar-refractivity contribution in [3.8, 4) is 100 Å². The normalized spacial score (nSPS) is 11.5. The first-order valence-corrected chi connectivity index (χ1v) is 32.3. The van der Waals surface area contributed by atoms with Gasteiger partial charge in [-0.25, -0.2) is 15.0 Å². The lowest BCUT2D eigenvalue weighted by atomic mass is 10.0. The van der Waals surface area contributed by atoms with E-state index < -0.39 is 0 Å². The maximum absolute atomic E-state index is 5.23. The molecule has 9 heteroatoms. The standard InChI is InChI=1S/C42H27N3S.C41H26N4S/c1-4-12-28(13-5-1)29-20-22-30(23-21-29)35-27-39(44-42(43-35)32-16-8-3-9-17-32)45-36-19-11-10-18-34(36)40-37(45)25-24-33-26-38(46-41(33)40)31-14-6-2-7-15-31;1-4-12-27(13-5-1)28-20-22-31(23-21-28)40-42-39(30-16-8-3-9-17-30)43-41(44-40)45-34-19-11-10-18-33(34)37-35(45)25-24-32-26-36(46-38(32)37)29-14-6-2-7-15-29/h1-27H;1-26H. The van der Waals surface area contributed by atoms with Gasteiger partial charge in [0.25, 0.3) is 0 Å². The van der Waals surface area contributed by atoms with E-state index in [1.165, 1.54) is 79.3 Å². The van der Waals surface area contributed by atoms with Crippen LogP contribution in [-0.2, 0) is 0 Å². The fraction of sp³-hybridized carbons (Fsp3) is 0. The van der Waals surface area contributed by atoms with Gasteiger partial charge >= 0.3 is 0 Å². The van der Waals surface area contributed by atoms with Crippen molar-refractivity contribution in [3.05, 3.63) is 322 Å². The summed E-state index contributed by atoms with van der Waals surface area (Å²) in [5, 5.41) is 7.37. The van der Waals surface area contributed by atoms with E-state index in [2.05, 4.69) is 270 Å². The predicted octanol–water partition coefficient (Wildman–Crippen LogP) is 22.3. The average molecular weight is 1210 g/mol. The van der Waals surface area contributed by atoms with Crippen molar-refractivity contribution >= 4 is 86.5 Å². The summed E-state index contributed by atoms with van der Waals surface area (Å²) < 4.78 is 7.06. The molecule has 0 bridgehead atoms. The summed E-state index contributed by atoms with van der Waals surface area (Å²) in [4.78, 5) is 28.1. The molecule has 0 spiro atoms. The first kappa shape index (κ1) is 54.4. The first-order chi connectivity index (χ1) is 45.6. The molecule has 18 aromatic rings. The topological polar surface area (TPSA) is 74.3 Å². The van der Waals surface area contributed by atoms with Crippen molar-refractivity contribution in [1.29, 1.82) is 0 Å². The number of fused-ring (bicyclic) bond motifs is 10. The Labute approximate surface area is 538 Å². The van der Waals surface area contributed by atoms with Crippen LogP contribution in [0.15, 0.2) is 322 Å². The summed E-state index contributed by atoms with van der Waals surface area (Å²) in [6, 6.07) is 113. The van der Waals surface area contributed by atoms with Crippen molar-refractivity contribution in [2.24, 2.45) is 0 Å². The molecule has 92 heavy (non-hydrogen) atoms. The number of rotatable bonds is 10. The Morgan fingerprint density at radius 1 is 0.239 bits per heavy atom. The number of thiophene rings is 2. The van der Waals surface area contributed by atoms with Crippen LogP contribution < -0.4 is 0 Å². The molecule has 0 N–H and O–H groups in total. The van der Waals surface area contributed by atoms with Crippen LogP contribution in [0.5, 0.6) is 0 Å². The molecule has 0 unspecified atom stereocenters. The summed E-state index contributed by atoms with van der Waals surface area (Å²) in [6.07, 6.45) is 0.